The van der Waals surface area contributed by atoms with Crippen LogP contribution in [0.25, 0.3) is 10.2 Å². The topological polar surface area (TPSA) is 58.0 Å². The minimum absolute atomic E-state index is 0.0652. The van der Waals surface area contributed by atoms with Crippen molar-refractivity contribution in [3.05, 3.63) is 52.6 Å². The van der Waals surface area contributed by atoms with E-state index < -0.39 is 5.54 Å². The molecule has 2 N–H and O–H groups in total. The molecule has 0 aliphatic carbocycles. The van der Waals surface area contributed by atoms with Crippen LogP contribution in [0.3, 0.4) is 0 Å². The van der Waals surface area contributed by atoms with Crippen LogP contribution in [-0.2, 0) is 5.54 Å². The van der Waals surface area contributed by atoms with Crippen LogP contribution < -0.4 is 5.32 Å². The summed E-state index contributed by atoms with van der Waals surface area (Å²) in [4.78, 5) is 9.29. The Hall–Kier alpha value is -1.69. The second kappa shape index (κ2) is 5.60. The van der Waals surface area contributed by atoms with Gasteiger partial charge in [-0.05, 0) is 35.5 Å². The van der Waals surface area contributed by atoms with Gasteiger partial charge in [-0.3, -0.25) is 0 Å². The lowest BCUT2D eigenvalue weighted by atomic mass is 9.93. The van der Waals surface area contributed by atoms with Crippen LogP contribution in [-0.4, -0.2) is 21.7 Å². The third-order valence-electron chi connectivity index (χ3n) is 3.42. The zero-order chi connectivity index (χ0) is 14.9. The van der Waals surface area contributed by atoms with E-state index in [-0.39, 0.29) is 11.9 Å². The summed E-state index contributed by atoms with van der Waals surface area (Å²) in [6.45, 7) is 1.86. The maximum Gasteiger partial charge on any atom is 0.225 e. The van der Waals surface area contributed by atoms with Crippen molar-refractivity contribution >= 4 is 39.0 Å². The molecule has 0 amide bonds. The van der Waals surface area contributed by atoms with E-state index in [4.69, 9.17) is 11.6 Å². The van der Waals surface area contributed by atoms with Gasteiger partial charge >= 0.3 is 0 Å². The van der Waals surface area contributed by atoms with Gasteiger partial charge in [0.05, 0.1) is 17.5 Å². The van der Waals surface area contributed by atoms with Crippen LogP contribution in [0.2, 0.25) is 5.28 Å². The molecule has 0 bridgehead atoms. The van der Waals surface area contributed by atoms with Crippen molar-refractivity contribution < 1.29 is 5.11 Å². The van der Waals surface area contributed by atoms with Crippen LogP contribution in [0.4, 0.5) is 5.82 Å². The first-order valence-corrected chi connectivity index (χ1v) is 7.73. The summed E-state index contributed by atoms with van der Waals surface area (Å²) >= 11 is 7.49. The Morgan fingerprint density at radius 1 is 1.24 bits per heavy atom. The molecule has 0 fully saturated rings. The molecule has 0 saturated heterocycles. The molecule has 0 aliphatic heterocycles. The van der Waals surface area contributed by atoms with E-state index in [0.717, 1.165) is 15.8 Å². The maximum absolute atomic E-state index is 9.86. The van der Waals surface area contributed by atoms with Crippen LogP contribution in [0.1, 0.15) is 12.5 Å². The van der Waals surface area contributed by atoms with E-state index in [1.54, 1.807) is 0 Å². The highest BCUT2D eigenvalue weighted by Crippen LogP contribution is 2.31. The molecule has 21 heavy (non-hydrogen) atoms. The zero-order valence-electron chi connectivity index (χ0n) is 11.4. The number of nitrogens with zero attached hydrogens (tertiary/aromatic N) is 2. The number of aliphatic hydroxyl groups is 1. The predicted molar refractivity (Wildman–Crippen MR) is 86.9 cm³/mol. The first-order chi connectivity index (χ1) is 10.1. The molecule has 0 saturated carbocycles. The van der Waals surface area contributed by atoms with Crippen LogP contribution in [0.15, 0.2) is 41.8 Å². The van der Waals surface area contributed by atoms with Crippen molar-refractivity contribution in [1.29, 1.82) is 0 Å². The molecule has 1 aromatic carbocycles. The molecular formula is C15H14ClN3OS. The summed E-state index contributed by atoms with van der Waals surface area (Å²) in [6, 6.07) is 11.7. The summed E-state index contributed by atoms with van der Waals surface area (Å²) in [6.07, 6.45) is 0. The molecule has 0 aliphatic rings. The van der Waals surface area contributed by atoms with Gasteiger partial charge in [0.2, 0.25) is 5.28 Å². The van der Waals surface area contributed by atoms with E-state index in [2.05, 4.69) is 15.3 Å². The number of aromatic nitrogens is 2. The Morgan fingerprint density at radius 3 is 2.71 bits per heavy atom. The molecule has 108 valence electrons. The summed E-state index contributed by atoms with van der Waals surface area (Å²) < 4.78 is 0. The Morgan fingerprint density at radius 2 is 2.00 bits per heavy atom. The number of nitrogens with one attached hydrogen (secondary N) is 1. The number of aliphatic hydroxyl groups excluding tert-OH is 1. The van der Waals surface area contributed by atoms with Gasteiger partial charge in [0.25, 0.3) is 0 Å². The van der Waals surface area contributed by atoms with Gasteiger partial charge in [-0.15, -0.1) is 11.3 Å². The molecule has 1 unspecified atom stereocenters. The van der Waals surface area contributed by atoms with Crippen molar-refractivity contribution in [3.8, 4) is 0 Å². The second-order valence-electron chi connectivity index (χ2n) is 4.96. The van der Waals surface area contributed by atoms with Crippen molar-refractivity contribution in [2.45, 2.75) is 12.5 Å². The van der Waals surface area contributed by atoms with Crippen molar-refractivity contribution in [2.24, 2.45) is 0 Å². The highest BCUT2D eigenvalue weighted by Gasteiger charge is 2.27. The fraction of sp³-hybridized carbons (Fsp3) is 0.200. The van der Waals surface area contributed by atoms with Crippen molar-refractivity contribution in [1.82, 2.24) is 9.97 Å². The van der Waals surface area contributed by atoms with Gasteiger partial charge in [-0.2, -0.15) is 0 Å². The van der Waals surface area contributed by atoms with Gasteiger partial charge in [0.15, 0.2) is 0 Å². The van der Waals surface area contributed by atoms with Gasteiger partial charge in [-0.1, -0.05) is 30.3 Å². The van der Waals surface area contributed by atoms with E-state index in [0.29, 0.717) is 5.82 Å². The third-order valence-corrected chi connectivity index (χ3v) is 4.39. The highest BCUT2D eigenvalue weighted by molar-refractivity contribution is 7.16. The van der Waals surface area contributed by atoms with E-state index in [1.165, 1.54) is 11.3 Å². The molecule has 0 radical (unpaired) electrons. The highest BCUT2D eigenvalue weighted by atomic mass is 35.5. The van der Waals surface area contributed by atoms with Gasteiger partial charge < -0.3 is 10.4 Å². The zero-order valence-corrected chi connectivity index (χ0v) is 12.9. The number of benzene rings is 1. The Labute approximate surface area is 131 Å². The van der Waals surface area contributed by atoms with Crippen LogP contribution >= 0.6 is 22.9 Å². The minimum Gasteiger partial charge on any atom is -0.394 e. The lowest BCUT2D eigenvalue weighted by Crippen LogP contribution is -2.36. The number of anilines is 1. The molecule has 4 nitrogen and oxygen atoms in total. The predicted octanol–water partition coefficient (Wildman–Crippen LogP) is 3.66. The Bertz CT molecular complexity index is 762. The average Bonchev–Trinajstić information content (AvgIpc) is 2.96. The second-order valence-corrected chi connectivity index (χ2v) is 6.19. The number of rotatable bonds is 4. The third kappa shape index (κ3) is 2.72. The molecule has 1 atom stereocenters. The SMILES string of the molecule is CC(CO)(Nc1nc(Cl)nc2sccc12)c1ccccc1. The number of hydrogen-bond donors (Lipinski definition) is 2. The average molecular weight is 320 g/mol. The monoisotopic (exact) mass is 319 g/mol. The van der Waals surface area contributed by atoms with E-state index in [1.807, 2.05) is 48.7 Å². The first-order valence-electron chi connectivity index (χ1n) is 6.48. The smallest absolute Gasteiger partial charge is 0.225 e. The summed E-state index contributed by atoms with van der Waals surface area (Å²) in [5.74, 6) is 0.631. The standard InChI is InChI=1S/C15H14ClN3OS/c1-15(9-20,10-5-3-2-4-6-10)19-12-11-7-8-21-13(11)18-14(16)17-12/h2-8,20H,9H2,1H3,(H,17,18,19). The largest absolute Gasteiger partial charge is 0.394 e. The van der Waals surface area contributed by atoms with Crippen molar-refractivity contribution in [3.63, 3.8) is 0 Å². The van der Waals surface area contributed by atoms with Crippen LogP contribution in [0, 0.1) is 0 Å². The number of thiophene rings is 1. The summed E-state index contributed by atoms with van der Waals surface area (Å²) in [5, 5.41) is 16.2. The molecule has 6 heteroatoms. The van der Waals surface area contributed by atoms with Crippen LogP contribution in [0.5, 0.6) is 0 Å². The summed E-state index contributed by atoms with van der Waals surface area (Å²) in [7, 11) is 0. The number of hydrogen-bond acceptors (Lipinski definition) is 5. The Kier molecular flexibility index (Phi) is 3.80. The summed E-state index contributed by atoms with van der Waals surface area (Å²) in [5.41, 5.74) is 0.332. The van der Waals surface area contributed by atoms with Gasteiger partial charge in [-0.25, -0.2) is 9.97 Å². The van der Waals surface area contributed by atoms with Gasteiger partial charge in [0.1, 0.15) is 10.6 Å². The van der Waals surface area contributed by atoms with Gasteiger partial charge in [0, 0.05) is 0 Å². The van der Waals surface area contributed by atoms with E-state index >= 15 is 0 Å². The molecule has 3 rings (SSSR count). The number of halogens is 1. The minimum atomic E-state index is -0.645. The molecule has 0 spiro atoms. The molecule has 2 aromatic heterocycles. The lowest BCUT2D eigenvalue weighted by Gasteiger charge is -2.30. The molecule has 2 heterocycles. The fourth-order valence-electron chi connectivity index (χ4n) is 2.19. The molecular weight excluding hydrogens is 306 g/mol. The fourth-order valence-corrected chi connectivity index (χ4v) is 3.18. The quantitative estimate of drug-likeness (QED) is 0.720. The number of fused-ring (bicyclic) bond motifs is 1. The van der Waals surface area contributed by atoms with Crippen molar-refractivity contribution in [2.75, 3.05) is 11.9 Å². The normalized spacial score (nSPS) is 14.0. The first kappa shape index (κ1) is 14.3. The van der Waals surface area contributed by atoms with E-state index in [9.17, 15) is 5.11 Å². The maximum atomic E-state index is 9.86. The lowest BCUT2D eigenvalue weighted by molar-refractivity contribution is 0.224. The Balaban J connectivity index is 2.05. The molecule has 3 aromatic rings.